The van der Waals surface area contributed by atoms with Crippen molar-refractivity contribution in [2.24, 2.45) is 0 Å². The van der Waals surface area contributed by atoms with E-state index >= 15 is 0 Å². The van der Waals surface area contributed by atoms with Crippen LogP contribution in [0.15, 0.2) is 0 Å². The van der Waals surface area contributed by atoms with E-state index in [1.54, 1.807) is 0 Å². The molecule has 0 aliphatic heterocycles. The first-order valence-corrected chi connectivity index (χ1v) is 2.71. The molecule has 5 heavy (non-hydrogen) atoms. The molecule has 0 fully saturated rings. The second-order valence-corrected chi connectivity index (χ2v) is 1.56. The van der Waals surface area contributed by atoms with Crippen LogP contribution in [0, 0.1) is 0 Å². The zero-order valence-corrected chi connectivity index (χ0v) is 8.66. The third kappa shape index (κ3) is 10.7. The fourth-order valence-corrected chi connectivity index (χ4v) is 0. The van der Waals surface area contributed by atoms with Gasteiger partial charge < -0.3 is 0 Å². The third-order valence-electron chi connectivity index (χ3n) is 0.354. The van der Waals surface area contributed by atoms with E-state index < -0.39 is 0 Å². The predicted molar refractivity (Wildman–Crippen MR) is 23.6 cm³/mol. The molecule has 0 aliphatic carbocycles. The minimum Gasteiger partial charge on any atom is -0.296 e. The molecule has 0 heterocycles. The van der Waals surface area contributed by atoms with Crippen molar-refractivity contribution in [2.75, 3.05) is 0 Å². The first-order chi connectivity index (χ1) is 1.91. The number of hydrogen-bond acceptors (Lipinski definition) is 0. The molecule has 0 bridgehead atoms. The molecule has 0 nitrogen and oxygen atoms in total. The summed E-state index contributed by atoms with van der Waals surface area (Å²) in [6.07, 6.45) is 1.33. The molecule has 0 aromatic heterocycles. The van der Waals surface area contributed by atoms with Crippen LogP contribution in [0.3, 0.4) is 0 Å². The van der Waals surface area contributed by atoms with E-state index in [0.29, 0.717) is 0 Å². The molecule has 0 spiro atoms. The van der Waals surface area contributed by atoms with Gasteiger partial charge in [-0.3, -0.25) is 10.2 Å². The standard InChI is InChI=1S/C3H9Si.K/c1-2-3-4;/h2-4H2,1H3;/q-1;+1. The zero-order valence-electron chi connectivity index (χ0n) is 4.12. The quantitative estimate of drug-likeness (QED) is 0.328. The first-order valence-electron chi connectivity index (χ1n) is 1.71. The average Bonchev–Trinajstić information content (AvgIpc) is 1.37. The largest absolute Gasteiger partial charge is 1.00 e. The average molecular weight is 112 g/mol. The van der Waals surface area contributed by atoms with Gasteiger partial charge in [-0.1, -0.05) is 13.3 Å². The van der Waals surface area contributed by atoms with Gasteiger partial charge in [0, 0.05) is 0 Å². The topological polar surface area (TPSA) is 0 Å². The van der Waals surface area contributed by atoms with Crippen LogP contribution in [0.1, 0.15) is 13.3 Å². The SMILES string of the molecule is CCC[SiH2-].[K+]. The Hall–Kier alpha value is 1.85. The Balaban J connectivity index is 0. The Bertz CT molecular complexity index is 8.85. The smallest absolute Gasteiger partial charge is 0.296 e. The maximum atomic E-state index is 2.19. The number of hydrogen-bond donors (Lipinski definition) is 0. The second-order valence-electron chi connectivity index (χ2n) is 0.854. The van der Waals surface area contributed by atoms with Crippen molar-refractivity contribution in [2.45, 2.75) is 19.4 Å². The fourth-order valence-electron chi connectivity index (χ4n) is 0. The van der Waals surface area contributed by atoms with E-state index in [1.807, 2.05) is 10.2 Å². The second kappa shape index (κ2) is 9.29. The summed E-state index contributed by atoms with van der Waals surface area (Å²) in [7, 11) is 2.02. The van der Waals surface area contributed by atoms with Gasteiger partial charge in [0.1, 0.15) is 0 Å². The molecule has 0 radical (unpaired) electrons. The van der Waals surface area contributed by atoms with Gasteiger partial charge in [-0.15, -0.1) is 0 Å². The Morgan fingerprint density at radius 2 is 1.80 bits per heavy atom. The summed E-state index contributed by atoms with van der Waals surface area (Å²) in [4.78, 5) is 0. The molecule has 0 aromatic rings. The van der Waals surface area contributed by atoms with E-state index in [1.165, 1.54) is 12.5 Å². The van der Waals surface area contributed by atoms with Crippen LogP contribution in [-0.4, -0.2) is 10.2 Å². The van der Waals surface area contributed by atoms with Crippen LogP contribution in [-0.2, 0) is 0 Å². The van der Waals surface area contributed by atoms with Crippen molar-refractivity contribution in [3.63, 3.8) is 0 Å². The summed E-state index contributed by atoms with van der Waals surface area (Å²) >= 11 is 0. The predicted octanol–water partition coefficient (Wildman–Crippen LogP) is -2.55. The Labute approximate surface area is 79.6 Å². The van der Waals surface area contributed by atoms with E-state index in [-0.39, 0.29) is 51.4 Å². The Morgan fingerprint density at radius 3 is 1.80 bits per heavy atom. The van der Waals surface area contributed by atoms with Crippen molar-refractivity contribution >= 4 is 10.2 Å². The molecule has 26 valence electrons. The van der Waals surface area contributed by atoms with Gasteiger partial charge in [0.25, 0.3) is 0 Å². The van der Waals surface area contributed by atoms with E-state index in [9.17, 15) is 0 Å². The summed E-state index contributed by atoms with van der Waals surface area (Å²) in [6.45, 7) is 2.19. The minimum atomic E-state index is 0. The molecule has 0 saturated heterocycles. The van der Waals surface area contributed by atoms with Crippen molar-refractivity contribution < 1.29 is 51.4 Å². The van der Waals surface area contributed by atoms with Gasteiger partial charge in [-0.05, 0) is 0 Å². The van der Waals surface area contributed by atoms with Gasteiger partial charge in [0.15, 0.2) is 0 Å². The monoisotopic (exact) mass is 112 g/mol. The number of rotatable bonds is 1. The molecular formula is C3H9KSi. The van der Waals surface area contributed by atoms with Crippen molar-refractivity contribution in [1.29, 1.82) is 0 Å². The summed E-state index contributed by atoms with van der Waals surface area (Å²) in [5.74, 6) is 0. The maximum absolute atomic E-state index is 2.19. The summed E-state index contributed by atoms with van der Waals surface area (Å²) in [5.41, 5.74) is 0. The molecule has 0 unspecified atom stereocenters. The van der Waals surface area contributed by atoms with Crippen molar-refractivity contribution in [3.8, 4) is 0 Å². The minimum absolute atomic E-state index is 0. The molecule has 0 atom stereocenters. The molecule has 0 N–H and O–H groups in total. The molecular weight excluding hydrogens is 103 g/mol. The summed E-state index contributed by atoms with van der Waals surface area (Å²) in [6, 6.07) is 1.35. The Kier molecular flexibility index (Phi) is 18.5. The summed E-state index contributed by atoms with van der Waals surface area (Å²) in [5, 5.41) is 0. The van der Waals surface area contributed by atoms with Crippen LogP contribution in [0.4, 0.5) is 0 Å². The van der Waals surface area contributed by atoms with Crippen molar-refractivity contribution in [3.05, 3.63) is 0 Å². The zero-order chi connectivity index (χ0) is 3.41. The molecule has 0 saturated carbocycles. The van der Waals surface area contributed by atoms with Crippen LogP contribution in [0.25, 0.3) is 0 Å². The van der Waals surface area contributed by atoms with Gasteiger partial charge >= 0.3 is 51.4 Å². The van der Waals surface area contributed by atoms with Crippen molar-refractivity contribution in [1.82, 2.24) is 0 Å². The third-order valence-corrected chi connectivity index (χ3v) is 1.06. The molecule has 2 heteroatoms. The normalized spacial score (nSPS) is 6.00. The first kappa shape index (κ1) is 9.97. The van der Waals surface area contributed by atoms with Crippen LogP contribution < -0.4 is 51.4 Å². The van der Waals surface area contributed by atoms with Gasteiger partial charge in [-0.25, -0.2) is 0 Å². The maximum Gasteiger partial charge on any atom is 1.00 e. The van der Waals surface area contributed by atoms with Crippen LogP contribution >= 0.6 is 0 Å². The Morgan fingerprint density at radius 1 is 1.60 bits per heavy atom. The molecule has 0 aliphatic rings. The van der Waals surface area contributed by atoms with E-state index in [2.05, 4.69) is 6.92 Å². The molecule has 0 aromatic carbocycles. The van der Waals surface area contributed by atoms with E-state index in [4.69, 9.17) is 0 Å². The van der Waals surface area contributed by atoms with Gasteiger partial charge in [-0.2, -0.15) is 6.04 Å². The fraction of sp³-hybridized carbons (Fsp3) is 1.00. The molecule has 0 rings (SSSR count). The van der Waals surface area contributed by atoms with Crippen LogP contribution in [0.2, 0.25) is 6.04 Å². The summed E-state index contributed by atoms with van der Waals surface area (Å²) < 4.78 is 0. The van der Waals surface area contributed by atoms with Gasteiger partial charge in [0.05, 0.1) is 0 Å². The molecule has 0 amide bonds. The van der Waals surface area contributed by atoms with Crippen LogP contribution in [0.5, 0.6) is 0 Å². The van der Waals surface area contributed by atoms with E-state index in [0.717, 1.165) is 0 Å². The van der Waals surface area contributed by atoms with Gasteiger partial charge in [0.2, 0.25) is 0 Å².